The van der Waals surface area contributed by atoms with E-state index in [0.717, 1.165) is 31.5 Å². The number of anilines is 1. The molecule has 3 aromatic rings. The molecule has 0 saturated carbocycles. The minimum absolute atomic E-state index is 0.261. The normalized spacial score (nSPS) is 16.4. The van der Waals surface area contributed by atoms with E-state index in [1.807, 2.05) is 23.0 Å². The Kier molecular flexibility index (Phi) is 5.86. The summed E-state index contributed by atoms with van der Waals surface area (Å²) in [5.41, 5.74) is 1.87. The van der Waals surface area contributed by atoms with Crippen molar-refractivity contribution in [2.75, 3.05) is 18.4 Å². The molecule has 2 heterocycles. The number of carbonyl (C=O) groups excluding carboxylic acids is 1. The average molecular weight is 394 g/mol. The average Bonchev–Trinajstić information content (AvgIpc) is 3.25. The van der Waals surface area contributed by atoms with Crippen molar-refractivity contribution in [3.8, 4) is 5.75 Å². The van der Waals surface area contributed by atoms with Gasteiger partial charge in [-0.05, 0) is 55.3 Å². The van der Waals surface area contributed by atoms with E-state index < -0.39 is 0 Å². The lowest BCUT2D eigenvalue weighted by Gasteiger charge is -2.22. The maximum Gasteiger partial charge on any atom is 0.276 e. The minimum atomic E-state index is -0.277. The van der Waals surface area contributed by atoms with Gasteiger partial charge in [-0.2, -0.15) is 5.10 Å². The molecular formula is C22H23FN4O2. The van der Waals surface area contributed by atoms with Crippen molar-refractivity contribution in [2.24, 2.45) is 0 Å². The Morgan fingerprint density at radius 3 is 2.90 bits per heavy atom. The number of piperidine rings is 1. The zero-order valence-corrected chi connectivity index (χ0v) is 16.0. The van der Waals surface area contributed by atoms with Crippen LogP contribution in [0.25, 0.3) is 0 Å². The van der Waals surface area contributed by atoms with E-state index in [4.69, 9.17) is 4.74 Å². The van der Waals surface area contributed by atoms with E-state index in [1.165, 1.54) is 12.1 Å². The number of hydrogen-bond acceptors (Lipinski definition) is 4. The van der Waals surface area contributed by atoms with Gasteiger partial charge in [0.1, 0.15) is 18.2 Å². The van der Waals surface area contributed by atoms with Gasteiger partial charge in [0, 0.05) is 24.5 Å². The number of ether oxygens (including phenoxy) is 1. The van der Waals surface area contributed by atoms with Gasteiger partial charge in [0.25, 0.3) is 5.91 Å². The second kappa shape index (κ2) is 8.87. The lowest BCUT2D eigenvalue weighted by molar-refractivity contribution is 0.102. The van der Waals surface area contributed by atoms with Crippen molar-refractivity contribution >= 4 is 11.6 Å². The van der Waals surface area contributed by atoms with Crippen molar-refractivity contribution in [1.29, 1.82) is 0 Å². The van der Waals surface area contributed by atoms with Gasteiger partial charge in [-0.25, -0.2) is 4.39 Å². The summed E-state index contributed by atoms with van der Waals surface area (Å²) in [6.07, 6.45) is 4.02. The van der Waals surface area contributed by atoms with Crippen molar-refractivity contribution in [1.82, 2.24) is 15.1 Å². The predicted molar refractivity (Wildman–Crippen MR) is 108 cm³/mol. The first kappa shape index (κ1) is 19.1. The van der Waals surface area contributed by atoms with E-state index in [9.17, 15) is 9.18 Å². The molecule has 1 aromatic heterocycles. The number of aromatic nitrogens is 2. The van der Waals surface area contributed by atoms with Gasteiger partial charge in [-0.15, -0.1) is 0 Å². The SMILES string of the molecule is O=C(Nc1cccc(OCc2ccc(F)cc2)c1)c1ccn(C2CCCNC2)n1. The molecule has 7 heteroatoms. The number of halogens is 1. The Morgan fingerprint density at radius 1 is 1.24 bits per heavy atom. The van der Waals surface area contributed by atoms with Gasteiger partial charge in [0.2, 0.25) is 0 Å². The Labute approximate surface area is 168 Å². The fourth-order valence-corrected chi connectivity index (χ4v) is 3.33. The van der Waals surface area contributed by atoms with Crippen LogP contribution in [-0.4, -0.2) is 28.8 Å². The van der Waals surface area contributed by atoms with Gasteiger partial charge < -0.3 is 15.4 Å². The van der Waals surface area contributed by atoms with Crippen LogP contribution in [0, 0.1) is 5.82 Å². The monoisotopic (exact) mass is 394 g/mol. The van der Waals surface area contributed by atoms with Gasteiger partial charge >= 0.3 is 0 Å². The quantitative estimate of drug-likeness (QED) is 0.668. The molecule has 0 radical (unpaired) electrons. The molecule has 0 spiro atoms. The third-order valence-corrected chi connectivity index (χ3v) is 4.90. The van der Waals surface area contributed by atoms with Crippen molar-refractivity contribution in [3.05, 3.63) is 77.9 Å². The zero-order chi connectivity index (χ0) is 20.1. The van der Waals surface area contributed by atoms with Crippen LogP contribution < -0.4 is 15.4 Å². The molecule has 1 unspecified atom stereocenters. The molecule has 29 heavy (non-hydrogen) atoms. The highest BCUT2D eigenvalue weighted by atomic mass is 19.1. The lowest BCUT2D eigenvalue weighted by Crippen LogP contribution is -2.32. The van der Waals surface area contributed by atoms with E-state index in [1.54, 1.807) is 30.3 Å². The van der Waals surface area contributed by atoms with Gasteiger partial charge in [0.05, 0.1) is 6.04 Å². The lowest BCUT2D eigenvalue weighted by atomic mass is 10.1. The summed E-state index contributed by atoms with van der Waals surface area (Å²) >= 11 is 0. The van der Waals surface area contributed by atoms with Crippen LogP contribution in [0.4, 0.5) is 10.1 Å². The highest BCUT2D eigenvalue weighted by molar-refractivity contribution is 6.02. The summed E-state index contributed by atoms with van der Waals surface area (Å²) in [6, 6.07) is 15.3. The first-order chi connectivity index (χ1) is 14.2. The highest BCUT2D eigenvalue weighted by Crippen LogP contribution is 2.20. The molecule has 1 fully saturated rings. The summed E-state index contributed by atoms with van der Waals surface area (Å²) < 4.78 is 20.6. The van der Waals surface area contributed by atoms with Crippen molar-refractivity contribution < 1.29 is 13.9 Å². The molecule has 2 aromatic carbocycles. The molecule has 4 rings (SSSR count). The number of nitrogens with zero attached hydrogens (tertiary/aromatic N) is 2. The zero-order valence-electron chi connectivity index (χ0n) is 16.0. The summed E-state index contributed by atoms with van der Waals surface area (Å²) in [5, 5.41) is 10.6. The first-order valence-corrected chi connectivity index (χ1v) is 9.72. The summed E-state index contributed by atoms with van der Waals surface area (Å²) in [4.78, 5) is 12.6. The second-order valence-corrected chi connectivity index (χ2v) is 7.08. The van der Waals surface area contributed by atoms with Gasteiger partial charge in [-0.3, -0.25) is 9.48 Å². The fourth-order valence-electron chi connectivity index (χ4n) is 3.33. The standard InChI is InChI=1S/C22H23FN4O2/c23-17-8-6-16(7-9-17)15-29-20-5-1-3-18(13-20)25-22(28)21-10-12-27(26-21)19-4-2-11-24-14-19/h1,3,5-10,12-13,19,24H,2,4,11,14-15H2,(H,25,28). The van der Waals surface area contributed by atoms with Crippen LogP contribution in [0.3, 0.4) is 0 Å². The van der Waals surface area contributed by atoms with Crippen LogP contribution in [0.5, 0.6) is 5.75 Å². The molecule has 1 amide bonds. The molecular weight excluding hydrogens is 371 g/mol. The van der Waals surface area contributed by atoms with Crippen LogP contribution in [0.1, 0.15) is 34.9 Å². The topological polar surface area (TPSA) is 68.2 Å². The number of nitrogens with one attached hydrogen (secondary N) is 2. The van der Waals surface area contributed by atoms with Crippen LogP contribution >= 0.6 is 0 Å². The van der Waals surface area contributed by atoms with Crippen LogP contribution in [0.2, 0.25) is 0 Å². The molecule has 1 aliphatic rings. The second-order valence-electron chi connectivity index (χ2n) is 7.08. The summed E-state index contributed by atoms with van der Waals surface area (Å²) in [5.74, 6) is 0.0785. The minimum Gasteiger partial charge on any atom is -0.489 e. The maximum absolute atomic E-state index is 13.0. The van der Waals surface area contributed by atoms with E-state index in [0.29, 0.717) is 23.7 Å². The molecule has 0 aliphatic carbocycles. The Hall–Kier alpha value is -3.19. The van der Waals surface area contributed by atoms with E-state index in [-0.39, 0.29) is 17.8 Å². The molecule has 1 atom stereocenters. The van der Waals surface area contributed by atoms with E-state index >= 15 is 0 Å². The summed E-state index contributed by atoms with van der Waals surface area (Å²) in [7, 11) is 0. The number of hydrogen-bond donors (Lipinski definition) is 2. The third-order valence-electron chi connectivity index (χ3n) is 4.90. The molecule has 0 bridgehead atoms. The summed E-state index contributed by atoms with van der Waals surface area (Å²) in [6.45, 7) is 2.22. The smallest absolute Gasteiger partial charge is 0.276 e. The molecule has 1 saturated heterocycles. The molecule has 6 nitrogen and oxygen atoms in total. The third kappa shape index (κ3) is 5.00. The Balaban J connectivity index is 1.36. The highest BCUT2D eigenvalue weighted by Gasteiger charge is 2.17. The maximum atomic E-state index is 13.0. The fraction of sp³-hybridized carbons (Fsp3) is 0.273. The Bertz CT molecular complexity index is 965. The number of rotatable bonds is 6. The number of carbonyl (C=O) groups is 1. The van der Waals surface area contributed by atoms with Crippen LogP contribution in [-0.2, 0) is 6.61 Å². The van der Waals surface area contributed by atoms with Crippen molar-refractivity contribution in [2.45, 2.75) is 25.5 Å². The molecule has 1 aliphatic heterocycles. The van der Waals surface area contributed by atoms with E-state index in [2.05, 4.69) is 15.7 Å². The largest absolute Gasteiger partial charge is 0.489 e. The first-order valence-electron chi connectivity index (χ1n) is 9.72. The van der Waals surface area contributed by atoms with Gasteiger partial charge in [0.15, 0.2) is 5.69 Å². The Morgan fingerprint density at radius 2 is 2.10 bits per heavy atom. The molecule has 2 N–H and O–H groups in total. The van der Waals surface area contributed by atoms with Crippen molar-refractivity contribution in [3.63, 3.8) is 0 Å². The molecule has 150 valence electrons. The number of benzene rings is 2. The number of amides is 1. The van der Waals surface area contributed by atoms with Gasteiger partial charge in [-0.1, -0.05) is 18.2 Å². The predicted octanol–water partition coefficient (Wildman–Crippen LogP) is 3.78. The van der Waals surface area contributed by atoms with Crippen LogP contribution in [0.15, 0.2) is 60.8 Å².